The Labute approximate surface area is 165 Å². The first-order chi connectivity index (χ1) is 13.9. The number of benzene rings is 2. The van der Waals surface area contributed by atoms with Crippen LogP contribution in [0.1, 0.15) is 33.3 Å². The summed E-state index contributed by atoms with van der Waals surface area (Å²) < 4.78 is 0. The number of anilines is 1. The van der Waals surface area contributed by atoms with Gasteiger partial charge in [-0.2, -0.15) is 5.10 Å². The number of aromatic nitrogens is 1. The zero-order valence-electron chi connectivity index (χ0n) is 15.4. The van der Waals surface area contributed by atoms with Crippen molar-refractivity contribution in [3.8, 4) is 0 Å². The molecule has 0 aliphatic carbocycles. The third kappa shape index (κ3) is 4.57. The first-order valence-electron chi connectivity index (χ1n) is 8.49. The number of fused-ring (bicyclic) bond motifs is 1. The molecule has 10 heteroatoms. The maximum absolute atomic E-state index is 12.5. The Morgan fingerprint density at radius 3 is 2.34 bits per heavy atom. The van der Waals surface area contributed by atoms with Crippen LogP contribution < -0.4 is 22.3 Å². The second kappa shape index (κ2) is 8.23. The van der Waals surface area contributed by atoms with Gasteiger partial charge in [-0.15, -0.1) is 5.10 Å². The van der Waals surface area contributed by atoms with Crippen LogP contribution >= 0.6 is 0 Å². The molecule has 1 aromatic heterocycles. The van der Waals surface area contributed by atoms with Gasteiger partial charge < -0.3 is 21.8 Å². The summed E-state index contributed by atoms with van der Waals surface area (Å²) in [6.07, 6.45) is 0. The Bertz CT molecular complexity index is 1130. The van der Waals surface area contributed by atoms with E-state index in [1.165, 1.54) is 0 Å². The Morgan fingerprint density at radius 1 is 1.00 bits per heavy atom. The molecule has 29 heavy (non-hydrogen) atoms. The topological polar surface area (TPSA) is 171 Å². The van der Waals surface area contributed by atoms with Crippen LogP contribution in [0.2, 0.25) is 0 Å². The number of hydrogen-bond donors (Lipinski definition) is 6. The lowest BCUT2D eigenvalue weighted by molar-refractivity contribution is 0.0997. The molecular weight excluding hydrogens is 374 g/mol. The minimum atomic E-state index is -0.529. The van der Waals surface area contributed by atoms with E-state index in [1.807, 2.05) is 0 Å². The van der Waals surface area contributed by atoms with Gasteiger partial charge in [-0.3, -0.25) is 14.8 Å². The Balaban J connectivity index is 1.74. The highest BCUT2D eigenvalue weighted by Gasteiger charge is 2.11. The molecule has 2 aromatic carbocycles. The van der Waals surface area contributed by atoms with E-state index in [0.717, 1.165) is 11.1 Å². The Kier molecular flexibility index (Phi) is 5.56. The van der Waals surface area contributed by atoms with E-state index in [2.05, 4.69) is 20.5 Å². The summed E-state index contributed by atoms with van der Waals surface area (Å²) >= 11 is 0. The van der Waals surface area contributed by atoms with Crippen molar-refractivity contribution >= 4 is 40.1 Å². The maximum Gasteiger partial charge on any atom is 0.272 e. The number of H-pyrrole nitrogens is 1. The van der Waals surface area contributed by atoms with Gasteiger partial charge in [0.1, 0.15) is 5.69 Å². The number of carbonyl (C=O) groups excluding carboxylic acids is 2. The van der Waals surface area contributed by atoms with Crippen molar-refractivity contribution in [2.24, 2.45) is 21.7 Å². The van der Waals surface area contributed by atoms with Gasteiger partial charge >= 0.3 is 0 Å². The molecule has 3 rings (SSSR count). The van der Waals surface area contributed by atoms with Crippen molar-refractivity contribution < 1.29 is 14.8 Å². The summed E-state index contributed by atoms with van der Waals surface area (Å²) in [4.78, 5) is 26.8. The zero-order chi connectivity index (χ0) is 21.0. The third-order valence-corrected chi connectivity index (χ3v) is 4.13. The van der Waals surface area contributed by atoms with Crippen molar-refractivity contribution in [1.29, 1.82) is 0 Å². The molecule has 8 N–H and O–H groups in total. The van der Waals surface area contributed by atoms with E-state index in [4.69, 9.17) is 16.7 Å². The summed E-state index contributed by atoms with van der Waals surface area (Å²) in [5, 5.41) is 19.5. The van der Waals surface area contributed by atoms with Gasteiger partial charge in [-0.1, -0.05) is 12.1 Å². The molecule has 148 valence electrons. The highest BCUT2D eigenvalue weighted by Crippen LogP contribution is 2.19. The first kappa shape index (κ1) is 19.6. The van der Waals surface area contributed by atoms with Gasteiger partial charge in [-0.05, 0) is 48.9 Å². The van der Waals surface area contributed by atoms with Crippen LogP contribution in [0.3, 0.4) is 0 Å². The molecule has 0 fully saturated rings. The van der Waals surface area contributed by atoms with E-state index >= 15 is 0 Å². The molecular formula is C19H19N7O3. The number of amides is 2. The van der Waals surface area contributed by atoms with Crippen LogP contribution in [0, 0.1) is 0 Å². The fourth-order valence-corrected chi connectivity index (χ4v) is 2.61. The molecule has 0 aliphatic heterocycles. The highest BCUT2D eigenvalue weighted by molar-refractivity contribution is 6.07. The minimum Gasteiger partial charge on any atom is -0.367 e. The molecule has 0 aliphatic rings. The number of nitrogens with zero attached hydrogens (tertiary/aromatic N) is 2. The lowest BCUT2D eigenvalue weighted by Crippen LogP contribution is -2.27. The molecule has 1 heterocycles. The Morgan fingerprint density at radius 2 is 1.69 bits per heavy atom. The summed E-state index contributed by atoms with van der Waals surface area (Å²) in [7, 11) is 0. The fraction of sp³-hybridized carbons (Fsp3) is 0.0526. The molecule has 0 saturated carbocycles. The number of guanidine groups is 1. The zero-order valence-corrected chi connectivity index (χ0v) is 15.4. The average molecular weight is 393 g/mol. The molecule has 10 nitrogen and oxygen atoms in total. The molecule has 0 radical (unpaired) electrons. The van der Waals surface area contributed by atoms with Crippen LogP contribution in [0.25, 0.3) is 10.9 Å². The van der Waals surface area contributed by atoms with Crippen molar-refractivity contribution in [3.63, 3.8) is 0 Å². The summed E-state index contributed by atoms with van der Waals surface area (Å²) in [6.45, 7) is 1.73. The predicted octanol–water partition coefficient (Wildman–Crippen LogP) is 1.54. The van der Waals surface area contributed by atoms with Crippen molar-refractivity contribution in [2.75, 3.05) is 5.32 Å². The van der Waals surface area contributed by atoms with E-state index in [1.54, 1.807) is 60.9 Å². The molecule has 0 saturated heterocycles. The second-order valence-corrected chi connectivity index (χ2v) is 6.16. The number of aromatic amines is 1. The Hall–Kier alpha value is -4.18. The van der Waals surface area contributed by atoms with Gasteiger partial charge in [0, 0.05) is 22.2 Å². The van der Waals surface area contributed by atoms with Gasteiger partial charge in [0.15, 0.2) is 0 Å². The highest BCUT2D eigenvalue weighted by atomic mass is 16.5. The van der Waals surface area contributed by atoms with Crippen molar-refractivity contribution in [2.45, 2.75) is 6.92 Å². The van der Waals surface area contributed by atoms with Gasteiger partial charge in [0.25, 0.3) is 5.91 Å². The monoisotopic (exact) mass is 393 g/mol. The normalized spacial score (nSPS) is 12.1. The SMILES string of the molecule is C/C(=N\N=C(N)NO)c1ccc(NC(=O)c2cc3cc(C(N)=O)ccc3[nH]2)cc1. The largest absolute Gasteiger partial charge is 0.367 e. The van der Waals surface area contributed by atoms with Gasteiger partial charge in [0.2, 0.25) is 11.9 Å². The number of carbonyl (C=O) groups is 2. The van der Waals surface area contributed by atoms with Crippen LogP contribution in [0.15, 0.2) is 58.7 Å². The summed E-state index contributed by atoms with van der Waals surface area (Å²) in [5.41, 5.74) is 15.6. The quantitative estimate of drug-likeness (QED) is 0.219. The number of hydrogen-bond acceptors (Lipinski definition) is 5. The smallest absolute Gasteiger partial charge is 0.272 e. The lowest BCUT2D eigenvalue weighted by Gasteiger charge is -2.05. The van der Waals surface area contributed by atoms with Crippen LogP contribution in [-0.2, 0) is 0 Å². The summed E-state index contributed by atoms with van der Waals surface area (Å²) in [5.74, 6) is -1.08. The van der Waals surface area contributed by atoms with E-state index in [0.29, 0.717) is 28.0 Å². The number of rotatable bonds is 5. The molecule has 0 spiro atoms. The van der Waals surface area contributed by atoms with Crippen molar-refractivity contribution in [3.05, 3.63) is 65.4 Å². The van der Waals surface area contributed by atoms with E-state index < -0.39 is 5.91 Å². The summed E-state index contributed by atoms with van der Waals surface area (Å²) in [6, 6.07) is 13.5. The van der Waals surface area contributed by atoms with E-state index in [-0.39, 0.29) is 11.9 Å². The lowest BCUT2D eigenvalue weighted by atomic mass is 10.1. The molecule has 0 bridgehead atoms. The number of hydroxylamine groups is 1. The standard InChI is InChI=1S/C19H19N7O3/c1-10(24-25-19(21)26-29)11-2-5-14(6-3-11)22-18(28)16-9-13-8-12(17(20)27)4-7-15(13)23-16/h2-9,23,29H,1H3,(H2,20,27)(H,22,28)(H3,21,25,26)/b24-10+. The van der Waals surface area contributed by atoms with Crippen LogP contribution in [0.4, 0.5) is 5.69 Å². The van der Waals surface area contributed by atoms with Gasteiger partial charge in [0.05, 0.1) is 5.71 Å². The van der Waals surface area contributed by atoms with Crippen molar-refractivity contribution in [1.82, 2.24) is 10.5 Å². The minimum absolute atomic E-state index is 0.227. The fourth-order valence-electron chi connectivity index (χ4n) is 2.61. The first-order valence-corrected chi connectivity index (χ1v) is 8.49. The van der Waals surface area contributed by atoms with Crippen LogP contribution in [0.5, 0.6) is 0 Å². The number of primary amides is 1. The van der Waals surface area contributed by atoms with Gasteiger partial charge in [-0.25, -0.2) is 5.48 Å². The predicted molar refractivity (Wildman–Crippen MR) is 110 cm³/mol. The maximum atomic E-state index is 12.5. The number of nitrogens with one attached hydrogen (secondary N) is 3. The molecule has 2 amide bonds. The third-order valence-electron chi connectivity index (χ3n) is 4.13. The van der Waals surface area contributed by atoms with E-state index in [9.17, 15) is 9.59 Å². The molecule has 0 unspecified atom stereocenters. The molecule has 0 atom stereocenters. The molecule has 3 aromatic rings. The average Bonchev–Trinajstić information content (AvgIpc) is 3.15. The van der Waals surface area contributed by atoms with Crippen LogP contribution in [-0.4, -0.2) is 33.7 Å². The number of nitrogens with two attached hydrogens (primary N) is 2. The second-order valence-electron chi connectivity index (χ2n) is 6.16.